The molecule has 0 unspecified atom stereocenters. The Hall–Kier alpha value is -1.09. The monoisotopic (exact) mass is 279 g/mol. The summed E-state index contributed by atoms with van der Waals surface area (Å²) in [6.07, 6.45) is 4.69. The largest absolute Gasteiger partial charge is 0.490 e. The molecule has 1 saturated carbocycles. The maximum absolute atomic E-state index is 13.7. The molecule has 20 heavy (non-hydrogen) atoms. The summed E-state index contributed by atoms with van der Waals surface area (Å²) in [4.78, 5) is 0. The summed E-state index contributed by atoms with van der Waals surface area (Å²) >= 11 is 0. The molecule has 0 heterocycles. The van der Waals surface area contributed by atoms with Crippen LogP contribution in [0.3, 0.4) is 0 Å². The molecule has 2 N–H and O–H groups in total. The zero-order valence-corrected chi connectivity index (χ0v) is 13.0. The molecule has 2 rings (SSSR count). The Balaban J connectivity index is 2.15. The van der Waals surface area contributed by atoms with Gasteiger partial charge in [-0.1, -0.05) is 13.8 Å². The summed E-state index contributed by atoms with van der Waals surface area (Å²) in [7, 11) is 0. The Kier molecular flexibility index (Phi) is 4.38. The first kappa shape index (κ1) is 15.3. The van der Waals surface area contributed by atoms with Crippen molar-refractivity contribution in [3.05, 3.63) is 29.1 Å². The lowest BCUT2D eigenvalue weighted by Crippen LogP contribution is -2.29. The molecule has 0 saturated heterocycles. The molecule has 1 atom stereocenters. The lowest BCUT2D eigenvalue weighted by Gasteiger charge is -2.34. The lowest BCUT2D eigenvalue weighted by molar-refractivity contribution is 0.0975. The molecule has 0 amide bonds. The number of ether oxygens (including phenoxy) is 1. The molecule has 2 nitrogen and oxygen atoms in total. The van der Waals surface area contributed by atoms with E-state index in [9.17, 15) is 4.39 Å². The molecule has 3 heteroatoms. The van der Waals surface area contributed by atoms with Gasteiger partial charge in [0.15, 0.2) is 0 Å². The molecule has 1 aliphatic rings. The van der Waals surface area contributed by atoms with E-state index in [1.165, 1.54) is 18.9 Å². The number of aryl methyl sites for hydroxylation is 1. The molecule has 0 bridgehead atoms. The third-order valence-electron chi connectivity index (χ3n) is 4.36. The highest BCUT2D eigenvalue weighted by Gasteiger charge is 2.28. The Morgan fingerprint density at radius 1 is 1.30 bits per heavy atom. The quantitative estimate of drug-likeness (QED) is 0.884. The van der Waals surface area contributed by atoms with Crippen molar-refractivity contribution in [3.8, 4) is 5.75 Å². The van der Waals surface area contributed by atoms with Crippen molar-refractivity contribution in [2.24, 2.45) is 11.1 Å². The van der Waals surface area contributed by atoms with Gasteiger partial charge in [-0.2, -0.15) is 0 Å². The van der Waals surface area contributed by atoms with E-state index in [2.05, 4.69) is 13.8 Å². The highest BCUT2D eigenvalue weighted by atomic mass is 19.1. The van der Waals surface area contributed by atoms with Gasteiger partial charge in [0.05, 0.1) is 6.10 Å². The SMILES string of the molecule is Cc1cc(OC2CCC(C)(C)CC2)c([C@H](C)N)cc1F. The number of hydrogen-bond acceptors (Lipinski definition) is 2. The zero-order chi connectivity index (χ0) is 14.9. The first-order valence-electron chi connectivity index (χ1n) is 7.51. The van der Waals surface area contributed by atoms with Gasteiger partial charge < -0.3 is 10.5 Å². The van der Waals surface area contributed by atoms with Gasteiger partial charge in [-0.05, 0) is 62.6 Å². The Labute approximate surface area is 121 Å². The van der Waals surface area contributed by atoms with Crippen LogP contribution in [0.4, 0.5) is 4.39 Å². The summed E-state index contributed by atoms with van der Waals surface area (Å²) in [6.45, 7) is 8.23. The topological polar surface area (TPSA) is 35.2 Å². The fourth-order valence-corrected chi connectivity index (χ4v) is 2.80. The first-order valence-corrected chi connectivity index (χ1v) is 7.51. The number of hydrogen-bond donors (Lipinski definition) is 1. The maximum Gasteiger partial charge on any atom is 0.126 e. The Bertz CT molecular complexity index is 472. The number of rotatable bonds is 3. The van der Waals surface area contributed by atoms with Crippen LogP contribution in [0, 0.1) is 18.2 Å². The highest BCUT2D eigenvalue weighted by molar-refractivity contribution is 5.40. The fourth-order valence-electron chi connectivity index (χ4n) is 2.80. The molecular formula is C17H26FNO. The first-order chi connectivity index (χ1) is 9.28. The van der Waals surface area contributed by atoms with Crippen LogP contribution < -0.4 is 10.5 Å². The van der Waals surface area contributed by atoms with Gasteiger partial charge in [-0.15, -0.1) is 0 Å². The summed E-state index contributed by atoms with van der Waals surface area (Å²) in [5, 5.41) is 0. The normalized spacial score (nSPS) is 20.7. The van der Waals surface area contributed by atoms with Crippen LogP contribution in [-0.2, 0) is 0 Å². The van der Waals surface area contributed by atoms with Gasteiger partial charge in [0.25, 0.3) is 0 Å². The summed E-state index contributed by atoms with van der Waals surface area (Å²) in [6, 6.07) is 3.08. The van der Waals surface area contributed by atoms with Gasteiger partial charge in [0.2, 0.25) is 0 Å². The van der Waals surface area contributed by atoms with Gasteiger partial charge in [0, 0.05) is 11.6 Å². The Morgan fingerprint density at radius 3 is 2.45 bits per heavy atom. The predicted molar refractivity (Wildman–Crippen MR) is 80.4 cm³/mol. The molecule has 0 radical (unpaired) electrons. The predicted octanol–water partition coefficient (Wildman–Crippen LogP) is 4.50. The highest BCUT2D eigenvalue weighted by Crippen LogP contribution is 2.37. The zero-order valence-electron chi connectivity index (χ0n) is 13.0. The summed E-state index contributed by atoms with van der Waals surface area (Å²) in [5.74, 6) is 0.540. The standard InChI is InChI=1S/C17H26FNO/c1-11-9-16(14(12(2)19)10-15(11)18)20-13-5-7-17(3,4)8-6-13/h9-10,12-13H,5-8,19H2,1-4H3/t12-/m0/s1. The average Bonchev–Trinajstić information content (AvgIpc) is 2.35. The fraction of sp³-hybridized carbons (Fsp3) is 0.647. The van der Waals surface area contributed by atoms with Crippen molar-refractivity contribution in [2.75, 3.05) is 0 Å². The van der Waals surface area contributed by atoms with Crippen LogP contribution in [0.15, 0.2) is 12.1 Å². The van der Waals surface area contributed by atoms with E-state index in [1.807, 2.05) is 6.92 Å². The van der Waals surface area contributed by atoms with Crippen molar-refractivity contribution in [1.82, 2.24) is 0 Å². The third-order valence-corrected chi connectivity index (χ3v) is 4.36. The van der Waals surface area contributed by atoms with Crippen LogP contribution in [0.2, 0.25) is 0 Å². The molecule has 1 fully saturated rings. The van der Waals surface area contributed by atoms with Crippen molar-refractivity contribution in [3.63, 3.8) is 0 Å². The van der Waals surface area contributed by atoms with E-state index >= 15 is 0 Å². The van der Waals surface area contributed by atoms with Gasteiger partial charge in [0.1, 0.15) is 11.6 Å². The van der Waals surface area contributed by atoms with E-state index < -0.39 is 0 Å². The smallest absolute Gasteiger partial charge is 0.126 e. The molecule has 0 aliphatic heterocycles. The van der Waals surface area contributed by atoms with Crippen molar-refractivity contribution < 1.29 is 9.13 Å². The van der Waals surface area contributed by atoms with Gasteiger partial charge in [-0.3, -0.25) is 0 Å². The second kappa shape index (κ2) is 5.72. The number of benzene rings is 1. The van der Waals surface area contributed by atoms with Crippen LogP contribution >= 0.6 is 0 Å². The minimum atomic E-state index is -0.222. The molecule has 1 aromatic rings. The van der Waals surface area contributed by atoms with Crippen molar-refractivity contribution in [1.29, 1.82) is 0 Å². The van der Waals surface area contributed by atoms with Crippen LogP contribution in [0.1, 0.15) is 63.6 Å². The number of nitrogens with two attached hydrogens (primary N) is 1. The second-order valence-corrected chi connectivity index (χ2v) is 6.91. The van der Waals surface area contributed by atoms with Crippen molar-refractivity contribution in [2.45, 2.75) is 65.5 Å². The molecule has 1 aromatic carbocycles. The second-order valence-electron chi connectivity index (χ2n) is 6.91. The van der Waals surface area contributed by atoms with E-state index in [0.717, 1.165) is 24.2 Å². The third kappa shape index (κ3) is 3.51. The summed E-state index contributed by atoms with van der Waals surface area (Å²) < 4.78 is 19.8. The number of halogens is 1. The molecule has 0 aromatic heterocycles. The Morgan fingerprint density at radius 2 is 1.90 bits per heavy atom. The van der Waals surface area contributed by atoms with E-state index in [4.69, 9.17) is 10.5 Å². The van der Waals surface area contributed by atoms with E-state index in [0.29, 0.717) is 11.0 Å². The summed E-state index contributed by atoms with van der Waals surface area (Å²) in [5.41, 5.74) is 7.73. The maximum atomic E-state index is 13.7. The minimum Gasteiger partial charge on any atom is -0.490 e. The van der Waals surface area contributed by atoms with E-state index in [-0.39, 0.29) is 18.0 Å². The van der Waals surface area contributed by atoms with E-state index in [1.54, 1.807) is 13.0 Å². The molecule has 112 valence electrons. The lowest BCUT2D eigenvalue weighted by atomic mass is 9.76. The van der Waals surface area contributed by atoms with Crippen LogP contribution in [0.5, 0.6) is 5.75 Å². The molecule has 0 spiro atoms. The van der Waals surface area contributed by atoms with Crippen molar-refractivity contribution >= 4 is 0 Å². The van der Waals surface area contributed by atoms with Gasteiger partial charge >= 0.3 is 0 Å². The van der Waals surface area contributed by atoms with Crippen LogP contribution in [-0.4, -0.2) is 6.10 Å². The minimum absolute atomic E-state index is 0.213. The average molecular weight is 279 g/mol. The molecule has 1 aliphatic carbocycles. The molecular weight excluding hydrogens is 253 g/mol. The van der Waals surface area contributed by atoms with Crippen LogP contribution in [0.25, 0.3) is 0 Å². The van der Waals surface area contributed by atoms with Gasteiger partial charge in [-0.25, -0.2) is 4.39 Å².